The first kappa shape index (κ1) is 11.7. The van der Waals surface area contributed by atoms with E-state index < -0.39 is 0 Å². The minimum absolute atomic E-state index is 0.721. The number of thioether (sulfide) groups is 1. The zero-order chi connectivity index (χ0) is 10.7. The fourth-order valence-corrected chi connectivity index (χ4v) is 3.70. The summed E-state index contributed by atoms with van der Waals surface area (Å²) >= 11 is 2.11. The summed E-state index contributed by atoms with van der Waals surface area (Å²) in [7, 11) is 0. The zero-order valence-corrected chi connectivity index (χ0v) is 10.9. The molecule has 0 spiro atoms. The Labute approximate surface area is 98.2 Å². The van der Waals surface area contributed by atoms with Crippen LogP contribution in [0.2, 0.25) is 0 Å². The number of hydrogen-bond donors (Lipinski definition) is 1. The van der Waals surface area contributed by atoms with E-state index in [0.717, 1.165) is 18.1 Å². The van der Waals surface area contributed by atoms with E-state index in [0.29, 0.717) is 0 Å². The van der Waals surface area contributed by atoms with Crippen LogP contribution >= 0.6 is 11.8 Å². The van der Waals surface area contributed by atoms with Crippen molar-refractivity contribution in [1.82, 2.24) is 10.2 Å². The normalized spacial score (nSPS) is 30.2. The molecule has 1 N–H and O–H groups in total. The van der Waals surface area contributed by atoms with Crippen molar-refractivity contribution in [2.45, 2.75) is 51.2 Å². The molecule has 1 atom stereocenters. The van der Waals surface area contributed by atoms with Crippen LogP contribution in [0.25, 0.3) is 0 Å². The first-order valence-electron chi connectivity index (χ1n) is 6.33. The maximum atomic E-state index is 3.85. The second-order valence-electron chi connectivity index (χ2n) is 5.13. The Bertz CT molecular complexity index is 190. The first-order chi connectivity index (χ1) is 7.25. The van der Waals surface area contributed by atoms with Crippen LogP contribution in [0.5, 0.6) is 0 Å². The van der Waals surface area contributed by atoms with Crippen molar-refractivity contribution in [3.05, 3.63) is 0 Å². The van der Waals surface area contributed by atoms with Gasteiger partial charge in [0.2, 0.25) is 0 Å². The van der Waals surface area contributed by atoms with Gasteiger partial charge in [0.25, 0.3) is 0 Å². The highest BCUT2D eigenvalue weighted by Gasteiger charge is 2.26. The van der Waals surface area contributed by atoms with E-state index in [1.807, 2.05) is 0 Å². The monoisotopic (exact) mass is 228 g/mol. The maximum absolute atomic E-state index is 3.85. The summed E-state index contributed by atoms with van der Waals surface area (Å²) < 4.78 is 0. The summed E-state index contributed by atoms with van der Waals surface area (Å²) in [5, 5.41) is 3.85. The van der Waals surface area contributed by atoms with Gasteiger partial charge in [-0.1, -0.05) is 0 Å². The highest BCUT2D eigenvalue weighted by Crippen LogP contribution is 2.19. The third-order valence-electron chi connectivity index (χ3n) is 3.64. The van der Waals surface area contributed by atoms with Crippen molar-refractivity contribution in [2.24, 2.45) is 0 Å². The number of nitrogens with zero attached hydrogens (tertiary/aromatic N) is 1. The largest absolute Gasteiger partial charge is 0.310 e. The van der Waals surface area contributed by atoms with Crippen LogP contribution in [0.15, 0.2) is 0 Å². The van der Waals surface area contributed by atoms with Crippen molar-refractivity contribution >= 4 is 11.8 Å². The molecular formula is C12H24N2S. The molecule has 0 amide bonds. The van der Waals surface area contributed by atoms with Crippen LogP contribution in [0, 0.1) is 0 Å². The molecule has 0 aliphatic carbocycles. The third kappa shape index (κ3) is 3.36. The summed E-state index contributed by atoms with van der Waals surface area (Å²) in [6, 6.07) is 2.29. The molecule has 15 heavy (non-hydrogen) atoms. The van der Waals surface area contributed by atoms with Gasteiger partial charge in [0, 0.05) is 24.7 Å². The first-order valence-corrected chi connectivity index (χ1v) is 7.49. The lowest BCUT2D eigenvalue weighted by Crippen LogP contribution is -2.42. The van der Waals surface area contributed by atoms with Crippen LogP contribution < -0.4 is 5.32 Å². The van der Waals surface area contributed by atoms with Crippen LogP contribution in [0.3, 0.4) is 0 Å². The highest BCUT2D eigenvalue weighted by atomic mass is 32.2. The molecule has 1 unspecified atom stereocenters. The third-order valence-corrected chi connectivity index (χ3v) is 4.69. The average Bonchev–Trinajstić information content (AvgIpc) is 2.68. The summed E-state index contributed by atoms with van der Waals surface area (Å²) in [5.41, 5.74) is 0. The summed E-state index contributed by atoms with van der Waals surface area (Å²) in [6.45, 7) is 7.16. The molecule has 2 rings (SSSR count). The van der Waals surface area contributed by atoms with Crippen LogP contribution in [0.4, 0.5) is 0 Å². The molecule has 2 nitrogen and oxygen atoms in total. The van der Waals surface area contributed by atoms with E-state index in [9.17, 15) is 0 Å². The fourth-order valence-electron chi connectivity index (χ4n) is 2.59. The topological polar surface area (TPSA) is 15.3 Å². The fraction of sp³-hybridized carbons (Fsp3) is 1.00. The smallest absolute Gasteiger partial charge is 0.0209 e. The molecule has 0 aromatic heterocycles. The molecule has 3 heteroatoms. The summed E-state index contributed by atoms with van der Waals surface area (Å²) in [6.07, 6.45) is 4.10. The molecule has 2 aliphatic rings. The average molecular weight is 228 g/mol. The van der Waals surface area contributed by atoms with Gasteiger partial charge in [-0.15, -0.1) is 0 Å². The minimum atomic E-state index is 0.721. The van der Waals surface area contributed by atoms with Gasteiger partial charge in [-0.2, -0.15) is 11.8 Å². The lowest BCUT2D eigenvalue weighted by molar-refractivity contribution is 0.264. The van der Waals surface area contributed by atoms with E-state index in [4.69, 9.17) is 0 Å². The van der Waals surface area contributed by atoms with E-state index >= 15 is 0 Å². The van der Waals surface area contributed by atoms with Gasteiger partial charge in [0.05, 0.1) is 0 Å². The van der Waals surface area contributed by atoms with Gasteiger partial charge in [0.1, 0.15) is 0 Å². The van der Waals surface area contributed by atoms with Gasteiger partial charge in [0.15, 0.2) is 0 Å². The Morgan fingerprint density at radius 2 is 1.87 bits per heavy atom. The number of hydrogen-bond acceptors (Lipinski definition) is 3. The van der Waals surface area contributed by atoms with Crippen molar-refractivity contribution in [3.63, 3.8) is 0 Å². The summed E-state index contributed by atoms with van der Waals surface area (Å²) in [5.74, 6) is 2.72. The van der Waals surface area contributed by atoms with E-state index in [-0.39, 0.29) is 0 Å². The van der Waals surface area contributed by atoms with Gasteiger partial charge in [-0.05, 0) is 51.2 Å². The molecule has 0 aromatic carbocycles. The van der Waals surface area contributed by atoms with Crippen molar-refractivity contribution in [3.8, 4) is 0 Å². The molecule has 0 aromatic rings. The standard InChI is InChI=1S/C12H24N2S/c1-10(2)14-6-3-12(9-14)13-11-4-7-15-8-5-11/h10-13H,3-9H2,1-2H3. The molecule has 2 fully saturated rings. The quantitative estimate of drug-likeness (QED) is 0.795. The minimum Gasteiger partial charge on any atom is -0.310 e. The van der Waals surface area contributed by atoms with E-state index in [1.165, 1.54) is 43.9 Å². The molecule has 0 saturated carbocycles. The Hall–Kier alpha value is 0.270. The van der Waals surface area contributed by atoms with Crippen molar-refractivity contribution in [2.75, 3.05) is 24.6 Å². The highest BCUT2D eigenvalue weighted by molar-refractivity contribution is 7.99. The lowest BCUT2D eigenvalue weighted by Gasteiger charge is -2.27. The maximum Gasteiger partial charge on any atom is 0.0209 e. The molecule has 0 radical (unpaired) electrons. The second-order valence-corrected chi connectivity index (χ2v) is 6.35. The van der Waals surface area contributed by atoms with Crippen LogP contribution in [-0.4, -0.2) is 47.6 Å². The Morgan fingerprint density at radius 1 is 1.13 bits per heavy atom. The Morgan fingerprint density at radius 3 is 2.47 bits per heavy atom. The molecule has 0 bridgehead atoms. The lowest BCUT2D eigenvalue weighted by atomic mass is 10.1. The Balaban J connectivity index is 1.71. The SMILES string of the molecule is CC(C)N1CCC(NC2CCSCC2)C1. The molecule has 2 aliphatic heterocycles. The number of nitrogens with one attached hydrogen (secondary N) is 1. The van der Waals surface area contributed by atoms with E-state index in [2.05, 4.69) is 35.8 Å². The predicted molar refractivity (Wildman–Crippen MR) is 68.6 cm³/mol. The number of likely N-dealkylation sites (tertiary alicyclic amines) is 1. The molecular weight excluding hydrogens is 204 g/mol. The van der Waals surface area contributed by atoms with Crippen LogP contribution in [0.1, 0.15) is 33.1 Å². The van der Waals surface area contributed by atoms with Gasteiger partial charge >= 0.3 is 0 Å². The van der Waals surface area contributed by atoms with Gasteiger partial charge in [-0.25, -0.2) is 0 Å². The zero-order valence-electron chi connectivity index (χ0n) is 10.0. The Kier molecular flexibility index (Phi) is 4.35. The predicted octanol–water partition coefficient (Wildman–Crippen LogP) is 1.95. The van der Waals surface area contributed by atoms with Gasteiger partial charge < -0.3 is 5.32 Å². The second kappa shape index (κ2) is 5.55. The van der Waals surface area contributed by atoms with Crippen LogP contribution in [-0.2, 0) is 0 Å². The van der Waals surface area contributed by atoms with Gasteiger partial charge in [-0.3, -0.25) is 4.90 Å². The molecule has 2 saturated heterocycles. The van der Waals surface area contributed by atoms with E-state index in [1.54, 1.807) is 0 Å². The van der Waals surface area contributed by atoms with Crippen molar-refractivity contribution in [1.29, 1.82) is 0 Å². The van der Waals surface area contributed by atoms with Crippen molar-refractivity contribution < 1.29 is 0 Å². The number of rotatable bonds is 3. The summed E-state index contributed by atoms with van der Waals surface area (Å²) in [4.78, 5) is 2.59. The molecule has 88 valence electrons. The molecule has 2 heterocycles.